The molecule has 21 heavy (non-hydrogen) atoms. The number of anilines is 1. The molecule has 0 aliphatic heterocycles. The van der Waals surface area contributed by atoms with Crippen LogP contribution in [0.2, 0.25) is 0 Å². The zero-order valence-electron chi connectivity index (χ0n) is 11.3. The van der Waals surface area contributed by atoms with Crippen molar-refractivity contribution in [1.82, 2.24) is 5.32 Å². The molecule has 0 spiro atoms. The van der Waals surface area contributed by atoms with Crippen LogP contribution < -0.4 is 11.1 Å². The third kappa shape index (κ3) is 4.07. The molecule has 5 heteroatoms. The van der Waals surface area contributed by atoms with Gasteiger partial charge in [-0.2, -0.15) is 0 Å². The highest BCUT2D eigenvalue weighted by atomic mass is 16.4. The summed E-state index contributed by atoms with van der Waals surface area (Å²) < 4.78 is 0. The summed E-state index contributed by atoms with van der Waals surface area (Å²) in [5.41, 5.74) is 7.33. The number of carboxylic acids is 1. The van der Waals surface area contributed by atoms with Crippen molar-refractivity contribution in [2.45, 2.75) is 12.5 Å². The van der Waals surface area contributed by atoms with E-state index in [1.54, 1.807) is 24.3 Å². The number of rotatable bonds is 5. The summed E-state index contributed by atoms with van der Waals surface area (Å²) in [4.78, 5) is 23.3. The Morgan fingerprint density at radius 1 is 1.05 bits per heavy atom. The summed E-state index contributed by atoms with van der Waals surface area (Å²) in [5.74, 6) is -1.50. The molecule has 0 aromatic heterocycles. The first-order chi connectivity index (χ1) is 10.1. The van der Waals surface area contributed by atoms with E-state index >= 15 is 0 Å². The lowest BCUT2D eigenvalue weighted by molar-refractivity contribution is -0.139. The Kier molecular flexibility index (Phi) is 4.56. The summed E-state index contributed by atoms with van der Waals surface area (Å²) >= 11 is 0. The van der Waals surface area contributed by atoms with E-state index in [2.05, 4.69) is 5.32 Å². The van der Waals surface area contributed by atoms with Gasteiger partial charge in [-0.25, -0.2) is 4.79 Å². The molecule has 1 amide bonds. The molecule has 5 nitrogen and oxygen atoms in total. The summed E-state index contributed by atoms with van der Waals surface area (Å²) in [6.07, 6.45) is 0.233. The van der Waals surface area contributed by atoms with Crippen molar-refractivity contribution in [1.29, 1.82) is 0 Å². The van der Waals surface area contributed by atoms with Crippen molar-refractivity contribution in [3.8, 4) is 0 Å². The normalized spacial score (nSPS) is 11.6. The molecule has 0 fully saturated rings. The number of carbonyl (C=O) groups is 2. The second kappa shape index (κ2) is 6.56. The van der Waals surface area contributed by atoms with Crippen LogP contribution >= 0.6 is 0 Å². The van der Waals surface area contributed by atoms with E-state index in [9.17, 15) is 14.7 Å². The molecule has 0 unspecified atom stereocenters. The summed E-state index contributed by atoms with van der Waals surface area (Å²) in [7, 11) is 0. The molecule has 0 aliphatic rings. The van der Waals surface area contributed by atoms with E-state index in [4.69, 9.17) is 5.73 Å². The van der Waals surface area contributed by atoms with Gasteiger partial charge in [-0.3, -0.25) is 4.79 Å². The predicted molar refractivity (Wildman–Crippen MR) is 79.9 cm³/mol. The predicted octanol–water partition coefficient (Wildman–Crippen LogP) is 1.69. The highest BCUT2D eigenvalue weighted by molar-refractivity contribution is 5.96. The average Bonchev–Trinajstić information content (AvgIpc) is 2.48. The zero-order chi connectivity index (χ0) is 15.2. The lowest BCUT2D eigenvalue weighted by Crippen LogP contribution is -2.42. The SMILES string of the molecule is Nc1ccc(C(=O)N[C@@H](Cc2ccccc2)C(=O)O)cc1. The van der Waals surface area contributed by atoms with Gasteiger partial charge >= 0.3 is 5.97 Å². The number of carbonyl (C=O) groups excluding carboxylic acids is 1. The topological polar surface area (TPSA) is 92.4 Å². The Balaban J connectivity index is 2.07. The number of benzene rings is 2. The third-order valence-electron chi connectivity index (χ3n) is 3.06. The Labute approximate surface area is 122 Å². The second-order valence-corrected chi connectivity index (χ2v) is 4.68. The molecule has 2 aromatic carbocycles. The van der Waals surface area contributed by atoms with E-state index in [1.807, 2.05) is 30.3 Å². The van der Waals surface area contributed by atoms with Crippen molar-refractivity contribution >= 4 is 17.6 Å². The van der Waals surface area contributed by atoms with Crippen LogP contribution in [0.15, 0.2) is 54.6 Å². The van der Waals surface area contributed by atoms with Gasteiger partial charge in [0, 0.05) is 17.7 Å². The van der Waals surface area contributed by atoms with Gasteiger partial charge in [-0.15, -0.1) is 0 Å². The molecule has 0 heterocycles. The molecule has 0 saturated heterocycles. The zero-order valence-corrected chi connectivity index (χ0v) is 11.3. The molecule has 4 N–H and O–H groups in total. The van der Waals surface area contributed by atoms with Crippen LogP contribution in [0.25, 0.3) is 0 Å². The fourth-order valence-electron chi connectivity index (χ4n) is 1.93. The molecule has 0 aliphatic carbocycles. The van der Waals surface area contributed by atoms with Crippen LogP contribution in [-0.2, 0) is 11.2 Å². The van der Waals surface area contributed by atoms with Gasteiger partial charge < -0.3 is 16.2 Å². The summed E-state index contributed by atoms with van der Waals surface area (Å²) in [5, 5.41) is 11.8. The molecule has 0 bridgehead atoms. The number of hydrogen-bond acceptors (Lipinski definition) is 3. The number of nitrogens with two attached hydrogens (primary N) is 1. The van der Waals surface area contributed by atoms with Gasteiger partial charge in [0.1, 0.15) is 6.04 Å². The maximum absolute atomic E-state index is 12.0. The smallest absolute Gasteiger partial charge is 0.326 e. The van der Waals surface area contributed by atoms with Crippen LogP contribution in [0, 0.1) is 0 Å². The summed E-state index contributed by atoms with van der Waals surface area (Å²) in [6.45, 7) is 0. The van der Waals surface area contributed by atoms with Gasteiger partial charge in [-0.05, 0) is 29.8 Å². The monoisotopic (exact) mass is 284 g/mol. The standard InChI is InChI=1S/C16H16N2O3/c17-13-8-6-12(7-9-13)15(19)18-14(16(20)21)10-11-4-2-1-3-5-11/h1-9,14H,10,17H2,(H,18,19)(H,20,21)/t14-/m0/s1. The van der Waals surface area contributed by atoms with Gasteiger partial charge in [0.2, 0.25) is 0 Å². The largest absolute Gasteiger partial charge is 0.480 e. The number of amides is 1. The lowest BCUT2D eigenvalue weighted by atomic mass is 10.1. The minimum absolute atomic E-state index is 0.233. The quantitative estimate of drug-likeness (QED) is 0.728. The molecular weight excluding hydrogens is 268 g/mol. The second-order valence-electron chi connectivity index (χ2n) is 4.68. The number of hydrogen-bond donors (Lipinski definition) is 3. The van der Waals surface area contributed by atoms with Crippen LogP contribution in [0.4, 0.5) is 5.69 Å². The van der Waals surface area contributed by atoms with Gasteiger partial charge in [-0.1, -0.05) is 30.3 Å². The maximum Gasteiger partial charge on any atom is 0.326 e. The van der Waals surface area contributed by atoms with Crippen molar-refractivity contribution < 1.29 is 14.7 Å². The van der Waals surface area contributed by atoms with Crippen LogP contribution in [0.3, 0.4) is 0 Å². The van der Waals surface area contributed by atoms with E-state index in [0.717, 1.165) is 5.56 Å². The minimum Gasteiger partial charge on any atom is -0.480 e. The lowest BCUT2D eigenvalue weighted by Gasteiger charge is -2.14. The van der Waals surface area contributed by atoms with Gasteiger partial charge in [0.15, 0.2) is 0 Å². The number of carboxylic acid groups (broad SMARTS) is 1. The van der Waals surface area contributed by atoms with Crippen LogP contribution in [-0.4, -0.2) is 23.0 Å². The van der Waals surface area contributed by atoms with Gasteiger partial charge in [0.25, 0.3) is 5.91 Å². The Bertz CT molecular complexity index is 624. The fourth-order valence-corrected chi connectivity index (χ4v) is 1.93. The maximum atomic E-state index is 12.0. The minimum atomic E-state index is -1.07. The molecule has 2 rings (SSSR count). The van der Waals surface area contributed by atoms with E-state index in [-0.39, 0.29) is 6.42 Å². The first-order valence-electron chi connectivity index (χ1n) is 6.49. The van der Waals surface area contributed by atoms with Crippen molar-refractivity contribution in [3.63, 3.8) is 0 Å². The summed E-state index contributed by atoms with van der Waals surface area (Å²) in [6, 6.07) is 14.5. The molecule has 2 aromatic rings. The van der Waals surface area contributed by atoms with E-state index in [1.165, 1.54) is 0 Å². The third-order valence-corrected chi connectivity index (χ3v) is 3.06. The fraction of sp³-hybridized carbons (Fsp3) is 0.125. The molecule has 1 atom stereocenters. The number of nitrogens with one attached hydrogen (secondary N) is 1. The van der Waals surface area contributed by atoms with Crippen molar-refractivity contribution in [3.05, 3.63) is 65.7 Å². The van der Waals surface area contributed by atoms with E-state index < -0.39 is 17.9 Å². The highest BCUT2D eigenvalue weighted by Gasteiger charge is 2.20. The highest BCUT2D eigenvalue weighted by Crippen LogP contribution is 2.08. The molecular formula is C16H16N2O3. The van der Waals surface area contributed by atoms with Crippen LogP contribution in [0.5, 0.6) is 0 Å². The first kappa shape index (κ1) is 14.6. The number of nitrogen functional groups attached to an aromatic ring is 1. The Morgan fingerprint density at radius 3 is 2.24 bits per heavy atom. The van der Waals surface area contributed by atoms with E-state index in [0.29, 0.717) is 11.3 Å². The Hall–Kier alpha value is -2.82. The molecule has 0 saturated carbocycles. The van der Waals surface area contributed by atoms with Gasteiger partial charge in [0.05, 0.1) is 0 Å². The number of aliphatic carboxylic acids is 1. The average molecular weight is 284 g/mol. The first-order valence-corrected chi connectivity index (χ1v) is 6.49. The van der Waals surface area contributed by atoms with Crippen molar-refractivity contribution in [2.24, 2.45) is 0 Å². The Morgan fingerprint density at radius 2 is 1.67 bits per heavy atom. The van der Waals surface area contributed by atoms with Crippen molar-refractivity contribution in [2.75, 3.05) is 5.73 Å². The molecule has 108 valence electrons. The van der Waals surface area contributed by atoms with Crippen LogP contribution in [0.1, 0.15) is 15.9 Å². The molecule has 0 radical (unpaired) electrons.